The molecule has 0 bridgehead atoms. The Balaban J connectivity index is 2.50. The van der Waals surface area contributed by atoms with Gasteiger partial charge in [-0.3, -0.25) is 0 Å². The summed E-state index contributed by atoms with van der Waals surface area (Å²) in [5.74, 6) is 0.656. The third-order valence-corrected chi connectivity index (χ3v) is 3.20. The van der Waals surface area contributed by atoms with E-state index in [1.807, 2.05) is 7.05 Å². The average molecular weight is 233 g/mol. The van der Waals surface area contributed by atoms with Crippen molar-refractivity contribution in [1.29, 1.82) is 0 Å². The molecular weight excluding hydrogens is 206 g/mol. The minimum atomic E-state index is 0.459. The molecule has 1 aromatic carbocycles. The Labute approximate surface area is 107 Å². The van der Waals surface area contributed by atoms with Crippen molar-refractivity contribution in [2.75, 3.05) is 13.6 Å². The third-order valence-electron chi connectivity index (χ3n) is 3.20. The Morgan fingerprint density at radius 2 is 1.76 bits per heavy atom. The van der Waals surface area contributed by atoms with Crippen LogP contribution in [0, 0.1) is 5.41 Å². The Morgan fingerprint density at radius 3 is 2.29 bits per heavy atom. The predicted molar refractivity (Wildman–Crippen MR) is 76.4 cm³/mol. The van der Waals surface area contributed by atoms with Gasteiger partial charge in [0, 0.05) is 6.54 Å². The van der Waals surface area contributed by atoms with Crippen molar-refractivity contribution >= 4 is 0 Å². The molecule has 0 radical (unpaired) electrons. The van der Waals surface area contributed by atoms with Gasteiger partial charge in [0.1, 0.15) is 0 Å². The van der Waals surface area contributed by atoms with Crippen LogP contribution in [-0.4, -0.2) is 13.6 Å². The first-order chi connectivity index (χ1) is 8.03. The highest BCUT2D eigenvalue weighted by Gasteiger charge is 2.14. The molecule has 0 heterocycles. The van der Waals surface area contributed by atoms with E-state index in [0.29, 0.717) is 11.3 Å². The molecule has 1 unspecified atom stereocenters. The van der Waals surface area contributed by atoms with Crippen LogP contribution in [0.1, 0.15) is 51.5 Å². The molecule has 0 aromatic heterocycles. The fourth-order valence-electron chi connectivity index (χ4n) is 2.24. The monoisotopic (exact) mass is 233 g/mol. The zero-order chi connectivity index (χ0) is 12.7. The van der Waals surface area contributed by atoms with Gasteiger partial charge in [0.05, 0.1) is 0 Å². The smallest absolute Gasteiger partial charge is 0.00171 e. The highest BCUT2D eigenvalue weighted by Crippen LogP contribution is 2.26. The fourth-order valence-corrected chi connectivity index (χ4v) is 2.24. The van der Waals surface area contributed by atoms with E-state index in [1.165, 1.54) is 24.8 Å². The molecule has 96 valence electrons. The van der Waals surface area contributed by atoms with E-state index >= 15 is 0 Å². The van der Waals surface area contributed by atoms with Crippen molar-refractivity contribution in [2.45, 2.75) is 46.0 Å². The molecule has 0 saturated carbocycles. The van der Waals surface area contributed by atoms with E-state index in [0.717, 1.165) is 6.54 Å². The van der Waals surface area contributed by atoms with E-state index in [9.17, 15) is 0 Å². The van der Waals surface area contributed by atoms with Gasteiger partial charge < -0.3 is 5.32 Å². The molecule has 0 amide bonds. The van der Waals surface area contributed by atoms with Crippen molar-refractivity contribution in [2.24, 2.45) is 5.41 Å². The molecule has 1 N–H and O–H groups in total. The van der Waals surface area contributed by atoms with Gasteiger partial charge in [-0.2, -0.15) is 0 Å². The number of hydrogen-bond donors (Lipinski definition) is 1. The molecule has 0 aliphatic carbocycles. The predicted octanol–water partition coefficient (Wildman–Crippen LogP) is 4.21. The SMILES string of the molecule is CNCC(CCCC(C)(C)C)c1ccccc1. The van der Waals surface area contributed by atoms with Crippen LogP contribution in [0.3, 0.4) is 0 Å². The van der Waals surface area contributed by atoms with Crippen LogP contribution in [0.25, 0.3) is 0 Å². The van der Waals surface area contributed by atoms with Crippen LogP contribution < -0.4 is 5.32 Å². The fraction of sp³-hybridized carbons (Fsp3) is 0.625. The van der Waals surface area contributed by atoms with Crippen molar-refractivity contribution < 1.29 is 0 Å². The van der Waals surface area contributed by atoms with E-state index in [2.05, 4.69) is 56.4 Å². The molecule has 17 heavy (non-hydrogen) atoms. The maximum Gasteiger partial charge on any atom is 0.00171 e. The summed E-state index contributed by atoms with van der Waals surface area (Å²) in [5.41, 5.74) is 1.93. The van der Waals surface area contributed by atoms with Gasteiger partial charge in [-0.1, -0.05) is 57.5 Å². The average Bonchev–Trinajstić information content (AvgIpc) is 2.27. The Hall–Kier alpha value is -0.820. The normalized spacial score (nSPS) is 13.6. The van der Waals surface area contributed by atoms with Gasteiger partial charge in [0.2, 0.25) is 0 Å². The van der Waals surface area contributed by atoms with Crippen LogP contribution >= 0.6 is 0 Å². The van der Waals surface area contributed by atoms with Crippen molar-refractivity contribution in [3.63, 3.8) is 0 Å². The van der Waals surface area contributed by atoms with Crippen LogP contribution in [0.5, 0.6) is 0 Å². The molecule has 1 rings (SSSR count). The molecule has 0 spiro atoms. The van der Waals surface area contributed by atoms with Crippen LogP contribution in [0.2, 0.25) is 0 Å². The lowest BCUT2D eigenvalue weighted by Gasteiger charge is -2.21. The highest BCUT2D eigenvalue weighted by atomic mass is 14.8. The summed E-state index contributed by atoms with van der Waals surface area (Å²) >= 11 is 0. The lowest BCUT2D eigenvalue weighted by atomic mass is 9.86. The zero-order valence-corrected chi connectivity index (χ0v) is 11.8. The van der Waals surface area contributed by atoms with E-state index in [1.54, 1.807) is 0 Å². The topological polar surface area (TPSA) is 12.0 Å². The summed E-state index contributed by atoms with van der Waals surface area (Å²) in [5, 5.41) is 3.31. The molecule has 1 atom stereocenters. The molecule has 0 saturated heterocycles. The second-order valence-electron chi connectivity index (χ2n) is 6.12. The summed E-state index contributed by atoms with van der Waals surface area (Å²) < 4.78 is 0. The summed E-state index contributed by atoms with van der Waals surface area (Å²) in [6, 6.07) is 10.9. The maximum absolute atomic E-state index is 3.31. The lowest BCUT2D eigenvalue weighted by Crippen LogP contribution is -2.18. The summed E-state index contributed by atoms with van der Waals surface area (Å²) in [6.45, 7) is 8.04. The van der Waals surface area contributed by atoms with Crippen LogP contribution in [0.4, 0.5) is 0 Å². The van der Waals surface area contributed by atoms with Crippen molar-refractivity contribution in [3.8, 4) is 0 Å². The van der Waals surface area contributed by atoms with Gasteiger partial charge in [0.15, 0.2) is 0 Å². The lowest BCUT2D eigenvalue weighted by molar-refractivity contribution is 0.351. The number of nitrogens with one attached hydrogen (secondary N) is 1. The summed E-state index contributed by atoms with van der Waals surface area (Å²) in [4.78, 5) is 0. The molecule has 1 nitrogen and oxygen atoms in total. The Bertz CT molecular complexity index is 297. The van der Waals surface area contributed by atoms with Crippen molar-refractivity contribution in [1.82, 2.24) is 5.32 Å². The summed E-state index contributed by atoms with van der Waals surface area (Å²) in [7, 11) is 2.04. The molecule has 1 aromatic rings. The largest absolute Gasteiger partial charge is 0.319 e. The third kappa shape index (κ3) is 5.88. The first-order valence-corrected chi connectivity index (χ1v) is 6.72. The van der Waals surface area contributed by atoms with Gasteiger partial charge in [-0.25, -0.2) is 0 Å². The van der Waals surface area contributed by atoms with Crippen molar-refractivity contribution in [3.05, 3.63) is 35.9 Å². The van der Waals surface area contributed by atoms with E-state index < -0.39 is 0 Å². The first kappa shape index (κ1) is 14.2. The molecule has 0 aliphatic heterocycles. The van der Waals surface area contributed by atoms with Crippen LogP contribution in [0.15, 0.2) is 30.3 Å². The summed E-state index contributed by atoms with van der Waals surface area (Å²) in [6.07, 6.45) is 3.90. The first-order valence-electron chi connectivity index (χ1n) is 6.72. The van der Waals surface area contributed by atoms with Gasteiger partial charge >= 0.3 is 0 Å². The van der Waals surface area contributed by atoms with Gasteiger partial charge in [-0.05, 0) is 36.8 Å². The maximum atomic E-state index is 3.31. The highest BCUT2D eigenvalue weighted by molar-refractivity contribution is 5.19. The molecule has 0 aliphatic rings. The second kappa shape index (κ2) is 6.80. The zero-order valence-electron chi connectivity index (χ0n) is 11.8. The standard InChI is InChI=1S/C16H27N/c1-16(2,3)12-8-11-15(13-17-4)14-9-6-5-7-10-14/h5-7,9-10,15,17H,8,11-13H2,1-4H3. The Kier molecular flexibility index (Phi) is 5.70. The minimum absolute atomic E-state index is 0.459. The quantitative estimate of drug-likeness (QED) is 0.776. The number of rotatable bonds is 6. The number of benzene rings is 1. The van der Waals surface area contributed by atoms with Gasteiger partial charge in [-0.15, -0.1) is 0 Å². The molecular formula is C16H27N. The molecule has 0 fully saturated rings. The van der Waals surface area contributed by atoms with E-state index in [-0.39, 0.29) is 0 Å². The Morgan fingerprint density at radius 1 is 1.12 bits per heavy atom. The van der Waals surface area contributed by atoms with E-state index in [4.69, 9.17) is 0 Å². The van der Waals surface area contributed by atoms with Gasteiger partial charge in [0.25, 0.3) is 0 Å². The number of likely N-dealkylation sites (N-methyl/N-ethyl adjacent to an activating group) is 1. The number of hydrogen-bond acceptors (Lipinski definition) is 1. The van der Waals surface area contributed by atoms with Crippen LogP contribution in [-0.2, 0) is 0 Å². The minimum Gasteiger partial charge on any atom is -0.319 e. The second-order valence-corrected chi connectivity index (χ2v) is 6.12. The molecule has 1 heteroatoms.